The van der Waals surface area contributed by atoms with Crippen molar-refractivity contribution in [1.82, 2.24) is 14.5 Å². The van der Waals surface area contributed by atoms with Crippen molar-refractivity contribution in [3.63, 3.8) is 0 Å². The molecule has 4 rings (SSSR count). The molecular weight excluding hydrogens is 390 g/mol. The number of aromatic nitrogens is 2. The standard InChI is InChI=1S/C20H19N5O3S/c1-24(20-17-7-2-3-8-18(17)29(27,28)23-20)13-19(26)22-16-6-4-5-15(11-16)12-25-10-9-21-14-25/h2-11,14H,12-13H2,1H3,(H,22,26). The minimum absolute atomic E-state index is 0.0333. The van der Waals surface area contributed by atoms with Gasteiger partial charge in [0.25, 0.3) is 10.0 Å². The van der Waals surface area contributed by atoms with Gasteiger partial charge in [0.05, 0.1) is 12.9 Å². The molecule has 0 spiro atoms. The first kappa shape index (κ1) is 18.9. The third-order valence-electron chi connectivity index (χ3n) is 4.49. The minimum Gasteiger partial charge on any atom is -0.349 e. The first-order chi connectivity index (χ1) is 13.9. The summed E-state index contributed by atoms with van der Waals surface area (Å²) in [4.78, 5) is 18.2. The maximum absolute atomic E-state index is 12.5. The van der Waals surface area contributed by atoms with E-state index in [0.29, 0.717) is 17.8 Å². The van der Waals surface area contributed by atoms with Crippen LogP contribution in [0.2, 0.25) is 0 Å². The average Bonchev–Trinajstić information content (AvgIpc) is 3.28. The molecule has 8 nitrogen and oxygen atoms in total. The highest BCUT2D eigenvalue weighted by Crippen LogP contribution is 2.26. The lowest BCUT2D eigenvalue weighted by Gasteiger charge is -2.18. The summed E-state index contributed by atoms with van der Waals surface area (Å²) in [6.45, 7) is 0.615. The van der Waals surface area contributed by atoms with E-state index in [1.165, 1.54) is 11.0 Å². The van der Waals surface area contributed by atoms with Crippen LogP contribution in [0.25, 0.3) is 0 Å². The fourth-order valence-corrected chi connectivity index (χ4v) is 4.44. The maximum atomic E-state index is 12.5. The predicted molar refractivity (Wildman–Crippen MR) is 109 cm³/mol. The van der Waals surface area contributed by atoms with Crippen molar-refractivity contribution in [2.75, 3.05) is 18.9 Å². The van der Waals surface area contributed by atoms with Crippen LogP contribution < -0.4 is 5.32 Å². The third-order valence-corrected chi connectivity index (χ3v) is 5.82. The van der Waals surface area contributed by atoms with Gasteiger partial charge in [-0.1, -0.05) is 24.3 Å². The Balaban J connectivity index is 1.44. The van der Waals surface area contributed by atoms with E-state index in [0.717, 1.165) is 5.56 Å². The Kier molecular flexibility index (Phi) is 4.89. The number of benzene rings is 2. The summed E-state index contributed by atoms with van der Waals surface area (Å²) >= 11 is 0. The van der Waals surface area contributed by atoms with Gasteiger partial charge in [-0.05, 0) is 29.8 Å². The lowest BCUT2D eigenvalue weighted by molar-refractivity contribution is -0.116. The number of sulfonamides is 1. The van der Waals surface area contributed by atoms with Crippen LogP contribution >= 0.6 is 0 Å². The Morgan fingerprint density at radius 1 is 1.17 bits per heavy atom. The van der Waals surface area contributed by atoms with E-state index in [-0.39, 0.29) is 23.2 Å². The molecule has 3 aromatic rings. The number of nitrogens with zero attached hydrogens (tertiary/aromatic N) is 4. The van der Waals surface area contributed by atoms with Gasteiger partial charge in [-0.3, -0.25) is 4.79 Å². The number of carbonyl (C=O) groups excluding carboxylic acids is 1. The van der Waals surface area contributed by atoms with Crippen LogP contribution in [-0.4, -0.2) is 48.2 Å². The quantitative estimate of drug-likeness (QED) is 0.695. The number of imidazole rings is 1. The number of amides is 1. The molecule has 0 radical (unpaired) electrons. The van der Waals surface area contributed by atoms with E-state index in [2.05, 4.69) is 14.7 Å². The molecule has 29 heavy (non-hydrogen) atoms. The molecule has 1 aromatic heterocycles. The minimum atomic E-state index is -3.72. The van der Waals surface area contributed by atoms with Gasteiger partial charge >= 0.3 is 0 Å². The van der Waals surface area contributed by atoms with Gasteiger partial charge in [0.2, 0.25) is 5.91 Å². The highest BCUT2D eigenvalue weighted by molar-refractivity contribution is 7.90. The second kappa shape index (κ2) is 7.51. The molecule has 148 valence electrons. The molecule has 0 saturated carbocycles. The van der Waals surface area contributed by atoms with Crippen molar-refractivity contribution in [2.24, 2.45) is 4.40 Å². The molecule has 0 saturated heterocycles. The largest absolute Gasteiger partial charge is 0.349 e. The van der Waals surface area contributed by atoms with Crippen LogP contribution in [0, 0.1) is 0 Å². The first-order valence-electron chi connectivity index (χ1n) is 8.92. The summed E-state index contributed by atoms with van der Waals surface area (Å²) in [6, 6.07) is 14.1. The summed E-state index contributed by atoms with van der Waals surface area (Å²) < 4.78 is 30.1. The van der Waals surface area contributed by atoms with Crippen LogP contribution in [0.3, 0.4) is 0 Å². The van der Waals surface area contributed by atoms with E-state index in [9.17, 15) is 13.2 Å². The van der Waals surface area contributed by atoms with E-state index >= 15 is 0 Å². The summed E-state index contributed by atoms with van der Waals surface area (Å²) in [5.41, 5.74) is 2.20. The molecule has 0 unspecified atom stereocenters. The van der Waals surface area contributed by atoms with E-state index in [4.69, 9.17) is 0 Å². The van der Waals surface area contributed by atoms with E-state index in [1.807, 2.05) is 35.0 Å². The fourth-order valence-electron chi connectivity index (χ4n) is 3.19. The number of likely N-dealkylation sites (N-methyl/N-ethyl adjacent to an activating group) is 1. The van der Waals surface area contributed by atoms with Gasteiger partial charge in [-0.2, -0.15) is 8.42 Å². The maximum Gasteiger partial charge on any atom is 0.285 e. The van der Waals surface area contributed by atoms with Gasteiger partial charge in [-0.25, -0.2) is 4.98 Å². The van der Waals surface area contributed by atoms with Crippen LogP contribution in [0.1, 0.15) is 11.1 Å². The number of hydrogen-bond donors (Lipinski definition) is 1. The number of hydrogen-bond acceptors (Lipinski definition) is 5. The van der Waals surface area contributed by atoms with Crippen molar-refractivity contribution in [3.8, 4) is 0 Å². The summed E-state index contributed by atoms with van der Waals surface area (Å²) in [6.07, 6.45) is 5.31. The number of rotatable bonds is 5. The summed E-state index contributed by atoms with van der Waals surface area (Å²) in [5.74, 6) is 0.00127. The second-order valence-corrected chi connectivity index (χ2v) is 8.30. The number of carbonyl (C=O) groups is 1. The Labute approximate surface area is 168 Å². The highest BCUT2D eigenvalue weighted by Gasteiger charge is 2.30. The van der Waals surface area contributed by atoms with Crippen LogP contribution in [0.4, 0.5) is 5.69 Å². The molecule has 0 bridgehead atoms. The zero-order valence-corrected chi connectivity index (χ0v) is 16.5. The predicted octanol–water partition coefficient (Wildman–Crippen LogP) is 1.95. The van der Waals surface area contributed by atoms with Crippen molar-refractivity contribution < 1.29 is 13.2 Å². The molecule has 0 fully saturated rings. The first-order valence-corrected chi connectivity index (χ1v) is 10.4. The monoisotopic (exact) mass is 409 g/mol. The van der Waals surface area contributed by atoms with Crippen molar-refractivity contribution in [3.05, 3.63) is 78.4 Å². The molecule has 1 amide bonds. The number of anilines is 1. The number of amidine groups is 1. The van der Waals surface area contributed by atoms with Gasteiger partial charge < -0.3 is 14.8 Å². The van der Waals surface area contributed by atoms with Crippen molar-refractivity contribution in [1.29, 1.82) is 0 Å². The average molecular weight is 409 g/mol. The van der Waals surface area contributed by atoms with Gasteiger partial charge in [-0.15, -0.1) is 4.40 Å². The molecule has 2 aromatic carbocycles. The SMILES string of the molecule is CN(CC(=O)Nc1cccc(Cn2ccnc2)c1)C1=NS(=O)(=O)c2ccccc21. The zero-order chi connectivity index (χ0) is 20.4. The summed E-state index contributed by atoms with van der Waals surface area (Å²) in [5, 5.41) is 2.85. The second-order valence-electron chi connectivity index (χ2n) is 6.73. The number of nitrogens with one attached hydrogen (secondary N) is 1. The Hall–Kier alpha value is -3.46. The lowest BCUT2D eigenvalue weighted by atomic mass is 10.2. The molecule has 0 aliphatic carbocycles. The Bertz CT molecular complexity index is 1190. The normalized spacial score (nSPS) is 14.2. The van der Waals surface area contributed by atoms with Crippen molar-refractivity contribution >= 4 is 27.5 Å². The third kappa shape index (κ3) is 4.04. The molecule has 1 aliphatic heterocycles. The Morgan fingerprint density at radius 3 is 2.79 bits per heavy atom. The Morgan fingerprint density at radius 2 is 2.00 bits per heavy atom. The van der Waals surface area contributed by atoms with Gasteiger partial charge in [0.15, 0.2) is 5.84 Å². The molecule has 1 aliphatic rings. The fraction of sp³-hybridized carbons (Fsp3) is 0.150. The smallest absolute Gasteiger partial charge is 0.285 e. The molecule has 0 atom stereocenters. The molecule has 1 N–H and O–H groups in total. The molecule has 9 heteroatoms. The molecule has 2 heterocycles. The summed E-state index contributed by atoms with van der Waals surface area (Å²) in [7, 11) is -2.07. The topological polar surface area (TPSA) is 96.7 Å². The lowest BCUT2D eigenvalue weighted by Crippen LogP contribution is -2.34. The highest BCUT2D eigenvalue weighted by atomic mass is 32.2. The molecular formula is C20H19N5O3S. The van der Waals surface area contributed by atoms with Crippen LogP contribution in [0.15, 0.2) is 76.5 Å². The van der Waals surface area contributed by atoms with Crippen molar-refractivity contribution in [2.45, 2.75) is 11.4 Å². The van der Waals surface area contributed by atoms with Gasteiger partial charge in [0, 0.05) is 37.2 Å². The van der Waals surface area contributed by atoms with Crippen LogP contribution in [-0.2, 0) is 21.4 Å². The van der Waals surface area contributed by atoms with Gasteiger partial charge in [0.1, 0.15) is 4.90 Å². The zero-order valence-electron chi connectivity index (χ0n) is 15.7. The van der Waals surface area contributed by atoms with Crippen LogP contribution in [0.5, 0.6) is 0 Å². The van der Waals surface area contributed by atoms with E-state index < -0.39 is 10.0 Å². The number of fused-ring (bicyclic) bond motifs is 1. The van der Waals surface area contributed by atoms with E-state index in [1.54, 1.807) is 37.8 Å².